The van der Waals surface area contributed by atoms with Crippen LogP contribution in [0.5, 0.6) is 0 Å². The zero-order valence-electron chi connectivity index (χ0n) is 9.95. The van der Waals surface area contributed by atoms with Crippen LogP contribution in [0.1, 0.15) is 31.7 Å². The molecule has 2 heteroatoms. The van der Waals surface area contributed by atoms with Gasteiger partial charge in [-0.25, -0.2) is 0 Å². The van der Waals surface area contributed by atoms with Gasteiger partial charge in [0.2, 0.25) is 0 Å². The molecule has 88 valence electrons. The third-order valence-electron chi connectivity index (χ3n) is 3.51. The number of halogens is 1. The molecule has 0 N–H and O–H groups in total. The molecule has 0 bridgehead atoms. The van der Waals surface area contributed by atoms with E-state index in [2.05, 4.69) is 52.0 Å². The SMILES string of the molecule is CCN(Cc1ccc(Br)cc1)CC1CCC1. The third-order valence-corrected chi connectivity index (χ3v) is 4.04. The van der Waals surface area contributed by atoms with Crippen molar-refractivity contribution < 1.29 is 0 Å². The Morgan fingerprint density at radius 2 is 1.94 bits per heavy atom. The number of rotatable bonds is 5. The van der Waals surface area contributed by atoms with E-state index in [1.165, 1.54) is 35.8 Å². The normalized spacial score (nSPS) is 16.4. The van der Waals surface area contributed by atoms with Crippen molar-refractivity contribution in [1.82, 2.24) is 4.90 Å². The molecule has 0 atom stereocenters. The van der Waals surface area contributed by atoms with Gasteiger partial charge in [0.15, 0.2) is 0 Å². The van der Waals surface area contributed by atoms with Crippen LogP contribution < -0.4 is 0 Å². The quantitative estimate of drug-likeness (QED) is 0.787. The fourth-order valence-electron chi connectivity index (χ4n) is 2.19. The predicted molar refractivity (Wildman–Crippen MR) is 72.4 cm³/mol. The van der Waals surface area contributed by atoms with Crippen molar-refractivity contribution in [3.63, 3.8) is 0 Å². The molecule has 0 radical (unpaired) electrons. The van der Waals surface area contributed by atoms with Gasteiger partial charge in [-0.2, -0.15) is 0 Å². The zero-order chi connectivity index (χ0) is 11.4. The summed E-state index contributed by atoms with van der Waals surface area (Å²) in [5.74, 6) is 0.968. The maximum atomic E-state index is 3.48. The minimum Gasteiger partial charge on any atom is -0.299 e. The Bertz CT molecular complexity index is 316. The Hall–Kier alpha value is -0.340. The third kappa shape index (κ3) is 3.33. The fourth-order valence-corrected chi connectivity index (χ4v) is 2.46. The van der Waals surface area contributed by atoms with Crippen molar-refractivity contribution in [2.75, 3.05) is 13.1 Å². The molecule has 1 nitrogen and oxygen atoms in total. The highest BCUT2D eigenvalue weighted by atomic mass is 79.9. The highest BCUT2D eigenvalue weighted by Crippen LogP contribution is 2.27. The first-order valence-electron chi connectivity index (χ1n) is 6.24. The monoisotopic (exact) mass is 281 g/mol. The Kier molecular flexibility index (Phi) is 4.42. The minimum absolute atomic E-state index is 0.968. The summed E-state index contributed by atoms with van der Waals surface area (Å²) in [6.07, 6.45) is 4.33. The van der Waals surface area contributed by atoms with Crippen LogP contribution in [0, 0.1) is 5.92 Å². The molecule has 0 aromatic heterocycles. The zero-order valence-corrected chi connectivity index (χ0v) is 11.5. The summed E-state index contributed by atoms with van der Waals surface area (Å²) in [6, 6.07) is 8.69. The van der Waals surface area contributed by atoms with Gasteiger partial charge >= 0.3 is 0 Å². The van der Waals surface area contributed by atoms with Gasteiger partial charge in [0.1, 0.15) is 0 Å². The van der Waals surface area contributed by atoms with Gasteiger partial charge in [0, 0.05) is 17.6 Å². The van der Waals surface area contributed by atoms with Crippen LogP contribution in [0.3, 0.4) is 0 Å². The molecule has 0 saturated heterocycles. The molecule has 16 heavy (non-hydrogen) atoms. The maximum Gasteiger partial charge on any atom is 0.0233 e. The molecule has 0 amide bonds. The Labute approximate surface area is 107 Å². The fraction of sp³-hybridized carbons (Fsp3) is 0.571. The van der Waals surface area contributed by atoms with Crippen molar-refractivity contribution >= 4 is 15.9 Å². The molecule has 1 fully saturated rings. The lowest BCUT2D eigenvalue weighted by molar-refractivity contribution is 0.178. The summed E-state index contributed by atoms with van der Waals surface area (Å²) in [4.78, 5) is 2.56. The number of benzene rings is 1. The van der Waals surface area contributed by atoms with Crippen molar-refractivity contribution in [3.8, 4) is 0 Å². The van der Waals surface area contributed by atoms with Gasteiger partial charge in [-0.15, -0.1) is 0 Å². The first-order chi connectivity index (χ1) is 7.78. The van der Waals surface area contributed by atoms with Gasteiger partial charge in [-0.1, -0.05) is 41.4 Å². The van der Waals surface area contributed by atoms with Crippen molar-refractivity contribution in [2.24, 2.45) is 5.92 Å². The smallest absolute Gasteiger partial charge is 0.0233 e. The molecule has 2 rings (SSSR count). The average molecular weight is 282 g/mol. The molecule has 0 unspecified atom stereocenters. The second-order valence-corrected chi connectivity index (χ2v) is 5.67. The summed E-state index contributed by atoms with van der Waals surface area (Å²) in [6.45, 7) is 5.80. The van der Waals surface area contributed by atoms with Crippen LogP contribution in [0.2, 0.25) is 0 Å². The van der Waals surface area contributed by atoms with Gasteiger partial charge in [-0.05, 0) is 43.0 Å². The molecule has 1 aromatic rings. The number of nitrogens with zero attached hydrogens (tertiary/aromatic N) is 1. The van der Waals surface area contributed by atoms with E-state index in [4.69, 9.17) is 0 Å². The average Bonchev–Trinajstić information content (AvgIpc) is 2.24. The summed E-state index contributed by atoms with van der Waals surface area (Å²) in [5.41, 5.74) is 1.42. The maximum absolute atomic E-state index is 3.48. The molecular weight excluding hydrogens is 262 g/mol. The van der Waals surface area contributed by atoms with Crippen molar-refractivity contribution in [1.29, 1.82) is 0 Å². The lowest BCUT2D eigenvalue weighted by Crippen LogP contribution is -2.32. The van der Waals surface area contributed by atoms with Crippen LogP contribution in [-0.4, -0.2) is 18.0 Å². The Morgan fingerprint density at radius 3 is 2.44 bits per heavy atom. The molecule has 1 aliphatic rings. The molecule has 0 spiro atoms. The second kappa shape index (κ2) is 5.83. The largest absolute Gasteiger partial charge is 0.299 e. The summed E-state index contributed by atoms with van der Waals surface area (Å²) < 4.78 is 1.17. The van der Waals surface area contributed by atoms with Crippen LogP contribution in [0.15, 0.2) is 28.7 Å². The van der Waals surface area contributed by atoms with Crippen molar-refractivity contribution in [3.05, 3.63) is 34.3 Å². The standard InChI is InChI=1S/C14H20BrN/c1-2-16(10-12-4-3-5-12)11-13-6-8-14(15)9-7-13/h6-9,12H,2-5,10-11H2,1H3. The van der Waals surface area contributed by atoms with Gasteiger partial charge in [0.25, 0.3) is 0 Å². The lowest BCUT2D eigenvalue weighted by atomic mass is 9.85. The van der Waals surface area contributed by atoms with E-state index in [0.29, 0.717) is 0 Å². The lowest BCUT2D eigenvalue weighted by Gasteiger charge is -2.31. The van der Waals surface area contributed by atoms with E-state index in [1.807, 2.05) is 0 Å². The van der Waals surface area contributed by atoms with Gasteiger partial charge in [0.05, 0.1) is 0 Å². The number of hydrogen-bond donors (Lipinski definition) is 0. The van der Waals surface area contributed by atoms with Crippen LogP contribution in [0.25, 0.3) is 0 Å². The first-order valence-corrected chi connectivity index (χ1v) is 7.04. The summed E-state index contributed by atoms with van der Waals surface area (Å²) in [7, 11) is 0. The van der Waals surface area contributed by atoms with Crippen LogP contribution in [-0.2, 0) is 6.54 Å². The van der Waals surface area contributed by atoms with E-state index in [9.17, 15) is 0 Å². The van der Waals surface area contributed by atoms with E-state index < -0.39 is 0 Å². The highest BCUT2D eigenvalue weighted by molar-refractivity contribution is 9.10. The van der Waals surface area contributed by atoms with Crippen LogP contribution in [0.4, 0.5) is 0 Å². The Morgan fingerprint density at radius 1 is 1.25 bits per heavy atom. The number of hydrogen-bond acceptors (Lipinski definition) is 1. The van der Waals surface area contributed by atoms with E-state index in [0.717, 1.165) is 19.0 Å². The molecule has 0 heterocycles. The Balaban J connectivity index is 1.87. The minimum atomic E-state index is 0.968. The topological polar surface area (TPSA) is 3.24 Å². The van der Waals surface area contributed by atoms with Gasteiger partial charge in [-0.3, -0.25) is 4.90 Å². The highest BCUT2D eigenvalue weighted by Gasteiger charge is 2.19. The molecule has 0 aliphatic heterocycles. The van der Waals surface area contributed by atoms with E-state index in [1.54, 1.807) is 0 Å². The molecule has 1 aromatic carbocycles. The van der Waals surface area contributed by atoms with E-state index in [-0.39, 0.29) is 0 Å². The molecular formula is C14H20BrN. The summed E-state index contributed by atoms with van der Waals surface area (Å²) in [5, 5.41) is 0. The van der Waals surface area contributed by atoms with Gasteiger partial charge < -0.3 is 0 Å². The van der Waals surface area contributed by atoms with Crippen LogP contribution >= 0.6 is 15.9 Å². The molecule has 1 aliphatic carbocycles. The second-order valence-electron chi connectivity index (χ2n) is 4.75. The predicted octanol–water partition coefficient (Wildman–Crippen LogP) is 4.07. The van der Waals surface area contributed by atoms with Crippen molar-refractivity contribution in [2.45, 2.75) is 32.7 Å². The first kappa shape index (κ1) is 12.1. The van der Waals surface area contributed by atoms with E-state index >= 15 is 0 Å². The summed E-state index contributed by atoms with van der Waals surface area (Å²) >= 11 is 3.48. The molecule has 1 saturated carbocycles.